The highest BCUT2D eigenvalue weighted by Gasteiger charge is 2.27. The molecule has 1 fully saturated rings. The second-order valence-electron chi connectivity index (χ2n) is 5.67. The summed E-state index contributed by atoms with van der Waals surface area (Å²) in [6, 6.07) is 8.30. The summed E-state index contributed by atoms with van der Waals surface area (Å²) in [5, 5.41) is 14.5. The van der Waals surface area contributed by atoms with Gasteiger partial charge in [0.2, 0.25) is 5.91 Å². The van der Waals surface area contributed by atoms with Crippen molar-refractivity contribution in [3.8, 4) is 5.69 Å². The van der Waals surface area contributed by atoms with Gasteiger partial charge in [0.05, 0.1) is 12.1 Å². The van der Waals surface area contributed by atoms with Crippen LogP contribution in [0.3, 0.4) is 0 Å². The molecule has 3 rings (SSSR count). The number of nitrogens with one attached hydrogen (secondary N) is 1. The second kappa shape index (κ2) is 7.52. The van der Waals surface area contributed by atoms with Gasteiger partial charge in [-0.3, -0.25) is 4.79 Å². The van der Waals surface area contributed by atoms with E-state index in [2.05, 4.69) is 34.7 Å². The maximum Gasteiger partial charge on any atom is 0.227 e. The molecule has 1 saturated heterocycles. The van der Waals surface area contributed by atoms with E-state index in [0.717, 1.165) is 24.3 Å². The van der Waals surface area contributed by atoms with Gasteiger partial charge in [-0.15, -0.1) is 17.5 Å². The molecule has 0 bridgehead atoms. The average molecular weight is 337 g/mol. The number of aromatic nitrogens is 4. The molecule has 0 saturated carbocycles. The number of hydrogen-bond acceptors (Lipinski definition) is 5. The minimum absolute atomic E-state index is 0. The Balaban J connectivity index is 0.00000192. The first-order valence-electron chi connectivity index (χ1n) is 7.50. The van der Waals surface area contributed by atoms with Gasteiger partial charge in [0.25, 0.3) is 0 Å². The molecule has 1 aliphatic rings. The van der Waals surface area contributed by atoms with Crippen LogP contribution in [-0.2, 0) is 11.2 Å². The van der Waals surface area contributed by atoms with E-state index >= 15 is 0 Å². The second-order valence-corrected chi connectivity index (χ2v) is 5.67. The molecule has 8 heteroatoms. The van der Waals surface area contributed by atoms with Crippen LogP contribution in [0.2, 0.25) is 0 Å². The third kappa shape index (κ3) is 3.86. The molecule has 2 unspecified atom stereocenters. The smallest absolute Gasteiger partial charge is 0.227 e. The number of nitrogens with zero attached hydrogens (tertiary/aromatic N) is 5. The first-order chi connectivity index (χ1) is 10.6. The molecular formula is C15H21ClN6O. The lowest BCUT2D eigenvalue weighted by Crippen LogP contribution is -2.57. The molecule has 2 heterocycles. The van der Waals surface area contributed by atoms with E-state index in [0.29, 0.717) is 12.5 Å². The fraction of sp³-hybridized carbons (Fsp3) is 0.467. The summed E-state index contributed by atoms with van der Waals surface area (Å²) < 4.78 is 1.59. The summed E-state index contributed by atoms with van der Waals surface area (Å²) >= 11 is 0. The molecule has 2 aromatic rings. The zero-order valence-electron chi connectivity index (χ0n) is 13.2. The molecule has 0 radical (unpaired) electrons. The van der Waals surface area contributed by atoms with Crippen molar-refractivity contribution in [2.75, 3.05) is 13.1 Å². The summed E-state index contributed by atoms with van der Waals surface area (Å²) in [6.07, 6.45) is 1.97. The van der Waals surface area contributed by atoms with E-state index < -0.39 is 0 Å². The van der Waals surface area contributed by atoms with Gasteiger partial charge in [0.1, 0.15) is 6.33 Å². The van der Waals surface area contributed by atoms with Crippen molar-refractivity contribution in [2.24, 2.45) is 0 Å². The lowest BCUT2D eigenvalue weighted by molar-refractivity contribution is -0.134. The number of rotatable bonds is 3. The van der Waals surface area contributed by atoms with Crippen molar-refractivity contribution >= 4 is 18.3 Å². The van der Waals surface area contributed by atoms with Crippen LogP contribution in [0.4, 0.5) is 0 Å². The maximum atomic E-state index is 12.5. The third-order valence-corrected chi connectivity index (χ3v) is 4.26. The Morgan fingerprint density at radius 3 is 2.70 bits per heavy atom. The number of hydrogen-bond donors (Lipinski definition) is 1. The van der Waals surface area contributed by atoms with Gasteiger partial charge >= 0.3 is 0 Å². The quantitative estimate of drug-likeness (QED) is 0.898. The molecule has 1 N–H and O–H groups in total. The zero-order chi connectivity index (χ0) is 15.5. The summed E-state index contributed by atoms with van der Waals surface area (Å²) in [5.41, 5.74) is 1.88. The predicted molar refractivity (Wildman–Crippen MR) is 88.7 cm³/mol. The number of benzene rings is 1. The van der Waals surface area contributed by atoms with Gasteiger partial charge in [0, 0.05) is 25.2 Å². The molecular weight excluding hydrogens is 316 g/mol. The van der Waals surface area contributed by atoms with Crippen LogP contribution < -0.4 is 5.32 Å². The van der Waals surface area contributed by atoms with E-state index in [4.69, 9.17) is 0 Å². The molecule has 0 spiro atoms. The average Bonchev–Trinajstić information content (AvgIpc) is 3.05. The fourth-order valence-corrected chi connectivity index (χ4v) is 2.73. The lowest BCUT2D eigenvalue weighted by Gasteiger charge is -2.38. The van der Waals surface area contributed by atoms with Crippen LogP contribution in [-0.4, -0.2) is 56.2 Å². The highest BCUT2D eigenvalue weighted by atomic mass is 35.5. The van der Waals surface area contributed by atoms with Gasteiger partial charge in [-0.25, -0.2) is 4.68 Å². The van der Waals surface area contributed by atoms with Crippen LogP contribution in [0.5, 0.6) is 0 Å². The standard InChI is InChI=1S/C15H20N6O.ClH/c1-11-12(2)20(8-7-16-11)15(22)9-13-3-5-14(6-4-13)21-10-17-18-19-21;/h3-6,10-12,16H,7-9H2,1-2H3;1H. The van der Waals surface area contributed by atoms with Gasteiger partial charge in [0.15, 0.2) is 0 Å². The number of halogens is 1. The minimum atomic E-state index is 0. The molecule has 7 nitrogen and oxygen atoms in total. The topological polar surface area (TPSA) is 75.9 Å². The monoisotopic (exact) mass is 336 g/mol. The first-order valence-corrected chi connectivity index (χ1v) is 7.50. The van der Waals surface area contributed by atoms with Gasteiger partial charge in [-0.1, -0.05) is 12.1 Å². The maximum absolute atomic E-state index is 12.5. The summed E-state index contributed by atoms with van der Waals surface area (Å²) in [4.78, 5) is 14.5. The highest BCUT2D eigenvalue weighted by Crippen LogP contribution is 2.13. The fourth-order valence-electron chi connectivity index (χ4n) is 2.73. The van der Waals surface area contributed by atoms with Gasteiger partial charge < -0.3 is 10.2 Å². The Bertz CT molecular complexity index is 630. The number of carbonyl (C=O) groups excluding carboxylic acids is 1. The molecule has 1 aromatic heterocycles. The Kier molecular flexibility index (Phi) is 5.68. The Labute approximate surface area is 141 Å². The Morgan fingerprint density at radius 2 is 2.04 bits per heavy atom. The Morgan fingerprint density at radius 1 is 1.30 bits per heavy atom. The van der Waals surface area contributed by atoms with Crippen molar-refractivity contribution in [1.82, 2.24) is 30.4 Å². The van der Waals surface area contributed by atoms with E-state index in [9.17, 15) is 4.79 Å². The number of carbonyl (C=O) groups is 1. The number of amides is 1. The van der Waals surface area contributed by atoms with Crippen molar-refractivity contribution in [1.29, 1.82) is 0 Å². The number of piperazine rings is 1. The molecule has 1 aliphatic heterocycles. The number of tetrazole rings is 1. The van der Waals surface area contributed by atoms with E-state index in [-0.39, 0.29) is 24.4 Å². The van der Waals surface area contributed by atoms with Crippen molar-refractivity contribution in [3.63, 3.8) is 0 Å². The van der Waals surface area contributed by atoms with Crippen molar-refractivity contribution in [3.05, 3.63) is 36.2 Å². The molecule has 124 valence electrons. The molecule has 0 aliphatic carbocycles. The highest BCUT2D eigenvalue weighted by molar-refractivity contribution is 5.85. The van der Waals surface area contributed by atoms with Crippen LogP contribution >= 0.6 is 12.4 Å². The minimum Gasteiger partial charge on any atom is -0.337 e. The Hall–Kier alpha value is -1.99. The summed E-state index contributed by atoms with van der Waals surface area (Å²) in [5.74, 6) is 0.177. The zero-order valence-corrected chi connectivity index (χ0v) is 14.0. The first kappa shape index (κ1) is 17.4. The van der Waals surface area contributed by atoms with E-state index in [1.165, 1.54) is 0 Å². The van der Waals surface area contributed by atoms with Gasteiger partial charge in [-0.05, 0) is 42.0 Å². The van der Waals surface area contributed by atoms with Crippen LogP contribution in [0.25, 0.3) is 5.69 Å². The molecule has 1 aromatic carbocycles. The summed E-state index contributed by atoms with van der Waals surface area (Å²) in [7, 11) is 0. The largest absolute Gasteiger partial charge is 0.337 e. The van der Waals surface area contributed by atoms with E-state index in [1.54, 1.807) is 11.0 Å². The van der Waals surface area contributed by atoms with Crippen molar-refractivity contribution in [2.45, 2.75) is 32.4 Å². The molecule has 23 heavy (non-hydrogen) atoms. The SMILES string of the molecule is CC1NCCN(C(=O)Cc2ccc(-n3cnnn3)cc2)C1C.Cl. The van der Waals surface area contributed by atoms with Crippen LogP contribution in [0.1, 0.15) is 19.4 Å². The van der Waals surface area contributed by atoms with Crippen LogP contribution in [0, 0.1) is 0 Å². The lowest BCUT2D eigenvalue weighted by atomic mass is 10.0. The van der Waals surface area contributed by atoms with Gasteiger partial charge in [-0.2, -0.15) is 0 Å². The van der Waals surface area contributed by atoms with Crippen LogP contribution in [0.15, 0.2) is 30.6 Å². The molecule has 2 atom stereocenters. The summed E-state index contributed by atoms with van der Waals surface area (Å²) in [6.45, 7) is 5.84. The normalized spacial score (nSPS) is 20.9. The van der Waals surface area contributed by atoms with Crippen molar-refractivity contribution < 1.29 is 4.79 Å². The van der Waals surface area contributed by atoms with E-state index in [1.807, 2.05) is 29.2 Å². The molecule has 1 amide bonds. The predicted octanol–water partition coefficient (Wildman–Crippen LogP) is 0.835. The third-order valence-electron chi connectivity index (χ3n) is 4.26.